The lowest BCUT2D eigenvalue weighted by Gasteiger charge is -2.37. The number of rotatable bonds is 3. The summed E-state index contributed by atoms with van der Waals surface area (Å²) in [6.45, 7) is 3.25. The lowest BCUT2D eigenvalue weighted by atomic mass is 9.98. The number of amides is 1. The van der Waals surface area contributed by atoms with Crippen LogP contribution in [0.4, 0.5) is 4.79 Å². The van der Waals surface area contributed by atoms with Gasteiger partial charge in [-0.15, -0.1) is 11.8 Å². The minimum absolute atomic E-state index is 0.0431. The van der Waals surface area contributed by atoms with Crippen molar-refractivity contribution in [2.45, 2.75) is 36.4 Å². The molecule has 0 saturated carbocycles. The Bertz CT molecular complexity index is 423. The van der Waals surface area contributed by atoms with Crippen LogP contribution in [0, 0.1) is 0 Å². The van der Waals surface area contributed by atoms with Crippen molar-refractivity contribution in [2.75, 3.05) is 13.9 Å². The van der Waals surface area contributed by atoms with E-state index in [1.165, 1.54) is 4.90 Å². The van der Waals surface area contributed by atoms with E-state index >= 15 is 0 Å². The topological polar surface area (TPSA) is 82.1 Å². The van der Waals surface area contributed by atoms with Crippen LogP contribution >= 0.6 is 11.8 Å². The summed E-state index contributed by atoms with van der Waals surface area (Å²) in [5.74, 6) is -0.629. The van der Waals surface area contributed by atoms with Gasteiger partial charge in [-0.2, -0.15) is 0 Å². The van der Waals surface area contributed by atoms with E-state index in [-0.39, 0.29) is 11.3 Å². The van der Waals surface area contributed by atoms with Crippen LogP contribution in [0.15, 0.2) is 0 Å². The van der Waals surface area contributed by atoms with Crippen LogP contribution in [0.5, 0.6) is 0 Å². The molecule has 0 bridgehead atoms. The largest absolute Gasteiger partial charge is 0.510 e. The van der Waals surface area contributed by atoms with Crippen LogP contribution in [0.2, 0.25) is 0 Å². The number of hydrogen-bond donors (Lipinski definition) is 0. The number of esters is 1. The third kappa shape index (κ3) is 2.49. The van der Waals surface area contributed by atoms with Crippen LogP contribution < -0.4 is 0 Å². The van der Waals surface area contributed by atoms with Crippen LogP contribution in [0.1, 0.15) is 20.3 Å². The molecule has 2 rings (SSSR count). The smallest absolute Gasteiger partial charge is 0.438 e. The lowest BCUT2D eigenvalue weighted by molar-refractivity contribution is -0.167. The zero-order valence-corrected chi connectivity index (χ0v) is 11.7. The number of carbonyl (C=O) groups is 3. The highest BCUT2D eigenvalue weighted by Gasteiger charge is 2.59. The molecule has 0 N–H and O–H groups in total. The zero-order chi connectivity index (χ0) is 14.2. The summed E-state index contributed by atoms with van der Waals surface area (Å²) < 4.78 is 13.2. The highest BCUT2D eigenvalue weighted by Crippen LogP contribution is 2.50. The van der Waals surface area contributed by atoms with Crippen LogP contribution in [0.3, 0.4) is 0 Å². The normalized spacial score (nSPS) is 27.3. The molecule has 2 fully saturated rings. The van der Waals surface area contributed by atoms with E-state index in [0.29, 0.717) is 6.42 Å². The van der Waals surface area contributed by atoms with Crippen LogP contribution in [0.25, 0.3) is 0 Å². The Labute approximate surface area is 114 Å². The molecule has 8 heteroatoms. The van der Waals surface area contributed by atoms with Gasteiger partial charge in [-0.25, -0.2) is 9.59 Å². The number of carbonyl (C=O) groups excluding carboxylic acids is 3. The first-order chi connectivity index (χ1) is 8.86. The second kappa shape index (κ2) is 4.92. The zero-order valence-electron chi connectivity index (χ0n) is 10.9. The lowest BCUT2D eigenvalue weighted by Crippen LogP contribution is -2.57. The van der Waals surface area contributed by atoms with Gasteiger partial charge in [-0.1, -0.05) is 0 Å². The number of ether oxygens (including phenoxy) is 3. The molecule has 0 radical (unpaired) electrons. The van der Waals surface area contributed by atoms with Crippen LogP contribution in [-0.4, -0.2) is 53.0 Å². The Kier molecular flexibility index (Phi) is 3.62. The van der Waals surface area contributed by atoms with Crippen LogP contribution in [-0.2, 0) is 23.8 Å². The number of β-lactam (4-membered cyclic amide) rings is 1. The average Bonchev–Trinajstić information content (AvgIpc) is 2.55. The third-order valence-corrected chi connectivity index (χ3v) is 4.59. The molecule has 0 aromatic rings. The molecule has 2 aliphatic rings. The molecule has 2 aliphatic heterocycles. The summed E-state index contributed by atoms with van der Waals surface area (Å²) in [5.41, 5.74) is 0. The van der Waals surface area contributed by atoms with E-state index in [0.717, 1.165) is 7.11 Å². The Balaban J connectivity index is 1.94. The van der Waals surface area contributed by atoms with Gasteiger partial charge < -0.3 is 19.1 Å². The molecular formula is C11H15NO6S. The molecule has 0 aromatic heterocycles. The predicted octanol–water partition coefficient (Wildman–Crippen LogP) is 0.722. The Morgan fingerprint density at radius 3 is 2.68 bits per heavy atom. The van der Waals surface area contributed by atoms with E-state index in [2.05, 4.69) is 9.47 Å². The summed E-state index contributed by atoms with van der Waals surface area (Å²) in [5, 5.41) is 0.0431. The van der Waals surface area contributed by atoms with Gasteiger partial charge in [0.15, 0.2) is 0 Å². The first-order valence-corrected chi connectivity index (χ1v) is 6.61. The van der Waals surface area contributed by atoms with Crippen molar-refractivity contribution >= 4 is 29.8 Å². The number of fused-ring (bicyclic) bond motifs is 1. The van der Waals surface area contributed by atoms with E-state index in [1.54, 1.807) is 11.8 Å². The van der Waals surface area contributed by atoms with E-state index in [4.69, 9.17) is 4.74 Å². The molecule has 2 atom stereocenters. The summed E-state index contributed by atoms with van der Waals surface area (Å²) in [7, 11) is 1.16. The van der Waals surface area contributed by atoms with Crippen molar-refractivity contribution < 1.29 is 28.6 Å². The highest BCUT2D eigenvalue weighted by atomic mass is 32.2. The molecule has 0 aromatic carbocycles. The quantitative estimate of drug-likeness (QED) is 0.430. The molecule has 2 saturated heterocycles. The first kappa shape index (κ1) is 14.0. The maximum absolute atomic E-state index is 12.0. The third-order valence-electron chi connectivity index (χ3n) is 3.09. The van der Waals surface area contributed by atoms with Crippen molar-refractivity contribution in [3.05, 3.63) is 0 Å². The number of nitrogens with zero attached hydrogens (tertiary/aromatic N) is 1. The fourth-order valence-corrected chi connectivity index (χ4v) is 3.85. The van der Waals surface area contributed by atoms with Gasteiger partial charge in [0.05, 0.1) is 18.9 Å². The molecule has 7 nitrogen and oxygen atoms in total. The summed E-state index contributed by atoms with van der Waals surface area (Å²) in [6, 6.07) is -0.648. The number of thioether (sulfide) groups is 1. The van der Waals surface area contributed by atoms with Crippen molar-refractivity contribution in [2.24, 2.45) is 0 Å². The van der Waals surface area contributed by atoms with E-state index in [1.807, 2.05) is 13.8 Å². The predicted molar refractivity (Wildman–Crippen MR) is 65.2 cm³/mol. The number of methoxy groups -OCH3 is 1. The van der Waals surface area contributed by atoms with Gasteiger partial charge in [0.2, 0.25) is 12.7 Å². The van der Waals surface area contributed by atoms with Gasteiger partial charge in [0.1, 0.15) is 6.04 Å². The van der Waals surface area contributed by atoms with E-state index in [9.17, 15) is 14.4 Å². The van der Waals surface area contributed by atoms with Gasteiger partial charge in [-0.3, -0.25) is 4.79 Å². The molecule has 0 unspecified atom stereocenters. The summed E-state index contributed by atoms with van der Waals surface area (Å²) in [6.07, 6.45) is -0.470. The minimum atomic E-state index is -0.925. The number of hydrogen-bond acceptors (Lipinski definition) is 7. The molecule has 106 valence electrons. The van der Waals surface area contributed by atoms with Gasteiger partial charge in [-0.05, 0) is 13.8 Å². The monoisotopic (exact) mass is 289 g/mol. The van der Waals surface area contributed by atoms with Crippen molar-refractivity contribution in [1.29, 1.82) is 0 Å². The average molecular weight is 289 g/mol. The molecular weight excluding hydrogens is 274 g/mol. The first-order valence-electron chi connectivity index (χ1n) is 5.73. The standard InChI is InChI=1S/C11H15NO6S/c1-11(2)8(12-6(13)4-7(12)19-11)9(14)17-5-18-10(15)16-3/h7-8H,4-5H2,1-3H3/t7-,8+/m1/s1. The highest BCUT2D eigenvalue weighted by molar-refractivity contribution is 8.01. The van der Waals surface area contributed by atoms with E-state index < -0.39 is 29.7 Å². The Morgan fingerprint density at radius 1 is 1.42 bits per heavy atom. The SMILES string of the molecule is COC(=O)OCOC(=O)[C@@H]1N2C(=O)C[C@H]2SC1(C)C. The molecule has 0 spiro atoms. The fraction of sp³-hybridized carbons (Fsp3) is 0.727. The minimum Gasteiger partial charge on any atom is -0.438 e. The molecule has 0 aliphatic carbocycles. The Morgan fingerprint density at radius 2 is 2.11 bits per heavy atom. The van der Waals surface area contributed by atoms with Gasteiger partial charge in [0, 0.05) is 4.75 Å². The maximum Gasteiger partial charge on any atom is 0.510 e. The summed E-state index contributed by atoms with van der Waals surface area (Å²) >= 11 is 1.57. The second-order valence-corrected chi connectivity index (χ2v) is 6.60. The second-order valence-electron chi connectivity index (χ2n) is 4.76. The van der Waals surface area contributed by atoms with Gasteiger partial charge in [0.25, 0.3) is 0 Å². The molecule has 2 heterocycles. The van der Waals surface area contributed by atoms with Crippen molar-refractivity contribution in [3.63, 3.8) is 0 Å². The molecule has 19 heavy (non-hydrogen) atoms. The maximum atomic E-state index is 12.0. The Hall–Kier alpha value is -1.44. The summed E-state index contributed by atoms with van der Waals surface area (Å²) in [4.78, 5) is 35.8. The van der Waals surface area contributed by atoms with Crippen molar-refractivity contribution in [1.82, 2.24) is 4.90 Å². The van der Waals surface area contributed by atoms with Crippen molar-refractivity contribution in [3.8, 4) is 0 Å². The molecule has 1 amide bonds. The van der Waals surface area contributed by atoms with Gasteiger partial charge >= 0.3 is 12.1 Å². The fourth-order valence-electron chi connectivity index (χ4n) is 2.23.